The number of hydrogen-bond acceptors (Lipinski definition) is 3. The third-order valence-electron chi connectivity index (χ3n) is 8.13. The second-order valence-corrected chi connectivity index (χ2v) is 11.0. The third kappa shape index (κ3) is 4.71. The summed E-state index contributed by atoms with van der Waals surface area (Å²) < 4.78 is 22.3. The summed E-state index contributed by atoms with van der Waals surface area (Å²) in [5.41, 5.74) is 5.52. The average Bonchev–Trinajstić information content (AvgIpc) is 3.06. The van der Waals surface area contributed by atoms with Gasteiger partial charge in [-0.05, 0) is 83.6 Å². The summed E-state index contributed by atoms with van der Waals surface area (Å²) in [5, 5.41) is 2.17. The molecule has 0 saturated carbocycles. The standard InChI is InChI=1S/C39H31FN2O/c1-41(2)30-20-18-29(19-21-30)39(36-15-9-10-16-37(36)40)26-25-35-34-23-22-33(27-28(34)17-24-38(35)43-39)42(31-11-5-3-6-12-31)32-13-7-4-8-14-32/h3-27H,1-2H3. The van der Waals surface area contributed by atoms with Crippen LogP contribution in [0.1, 0.15) is 16.7 Å². The first-order valence-electron chi connectivity index (χ1n) is 14.4. The summed E-state index contributed by atoms with van der Waals surface area (Å²) in [6.07, 6.45) is 4.07. The zero-order chi connectivity index (χ0) is 29.4. The maximum Gasteiger partial charge on any atom is 0.180 e. The molecular formula is C39H31FN2O. The molecule has 6 aromatic carbocycles. The number of benzene rings is 6. The highest BCUT2D eigenvalue weighted by Gasteiger charge is 2.39. The molecule has 3 nitrogen and oxygen atoms in total. The van der Waals surface area contributed by atoms with Crippen molar-refractivity contribution in [2.75, 3.05) is 23.9 Å². The van der Waals surface area contributed by atoms with Crippen LogP contribution in [-0.2, 0) is 5.60 Å². The molecule has 0 saturated heterocycles. The lowest BCUT2D eigenvalue weighted by Gasteiger charge is -2.36. The van der Waals surface area contributed by atoms with E-state index in [4.69, 9.17) is 4.74 Å². The molecular weight excluding hydrogens is 531 g/mol. The van der Waals surface area contributed by atoms with Gasteiger partial charge in [0.1, 0.15) is 11.6 Å². The lowest BCUT2D eigenvalue weighted by Crippen LogP contribution is -2.35. The molecule has 1 heterocycles. The van der Waals surface area contributed by atoms with Crippen LogP contribution in [0.15, 0.2) is 146 Å². The highest BCUT2D eigenvalue weighted by atomic mass is 19.1. The molecule has 0 radical (unpaired) electrons. The number of anilines is 4. The molecule has 7 rings (SSSR count). The highest BCUT2D eigenvalue weighted by Crippen LogP contribution is 2.46. The molecule has 0 amide bonds. The molecule has 210 valence electrons. The van der Waals surface area contributed by atoms with Gasteiger partial charge in [-0.25, -0.2) is 4.39 Å². The van der Waals surface area contributed by atoms with Crippen LogP contribution in [0.2, 0.25) is 0 Å². The Morgan fingerprint density at radius 2 is 1.23 bits per heavy atom. The van der Waals surface area contributed by atoms with Crippen LogP contribution in [-0.4, -0.2) is 14.1 Å². The average molecular weight is 563 g/mol. The first-order chi connectivity index (χ1) is 21.0. The molecule has 0 fully saturated rings. The Morgan fingerprint density at radius 3 is 1.88 bits per heavy atom. The zero-order valence-corrected chi connectivity index (χ0v) is 24.1. The van der Waals surface area contributed by atoms with Crippen molar-refractivity contribution >= 4 is 39.6 Å². The van der Waals surface area contributed by atoms with E-state index in [2.05, 4.69) is 83.8 Å². The number of rotatable bonds is 6. The topological polar surface area (TPSA) is 15.7 Å². The molecule has 0 spiro atoms. The molecule has 0 aliphatic carbocycles. The molecule has 1 unspecified atom stereocenters. The normalized spacial score (nSPS) is 15.5. The first kappa shape index (κ1) is 26.5. The van der Waals surface area contributed by atoms with Gasteiger partial charge in [0.25, 0.3) is 0 Å². The fraction of sp³-hybridized carbons (Fsp3) is 0.0769. The minimum atomic E-state index is -1.10. The van der Waals surface area contributed by atoms with E-state index in [1.54, 1.807) is 12.1 Å². The predicted octanol–water partition coefficient (Wildman–Crippen LogP) is 9.86. The van der Waals surface area contributed by atoms with Gasteiger partial charge in [-0.1, -0.05) is 78.9 Å². The van der Waals surface area contributed by atoms with Gasteiger partial charge in [0.2, 0.25) is 0 Å². The fourth-order valence-corrected chi connectivity index (χ4v) is 5.96. The highest BCUT2D eigenvalue weighted by molar-refractivity contribution is 5.97. The molecule has 4 heteroatoms. The Balaban J connectivity index is 1.34. The van der Waals surface area contributed by atoms with Crippen molar-refractivity contribution in [3.63, 3.8) is 0 Å². The molecule has 6 aromatic rings. The van der Waals surface area contributed by atoms with Crippen molar-refractivity contribution in [2.24, 2.45) is 0 Å². The summed E-state index contributed by atoms with van der Waals surface area (Å²) in [4.78, 5) is 4.30. The van der Waals surface area contributed by atoms with Crippen molar-refractivity contribution in [1.82, 2.24) is 0 Å². The van der Waals surface area contributed by atoms with E-state index in [0.717, 1.165) is 44.6 Å². The SMILES string of the molecule is CN(C)c1ccc(C2(c3ccccc3F)C=Cc3c(ccc4cc(N(c5ccccc5)c5ccccc5)ccc34)O2)cc1. The van der Waals surface area contributed by atoms with Crippen molar-refractivity contribution < 1.29 is 9.13 Å². The van der Waals surface area contributed by atoms with E-state index in [-0.39, 0.29) is 5.82 Å². The Bertz CT molecular complexity index is 1900. The van der Waals surface area contributed by atoms with Gasteiger partial charge < -0.3 is 14.5 Å². The van der Waals surface area contributed by atoms with Gasteiger partial charge in [-0.2, -0.15) is 0 Å². The van der Waals surface area contributed by atoms with Crippen LogP contribution in [0.3, 0.4) is 0 Å². The van der Waals surface area contributed by atoms with Crippen LogP contribution >= 0.6 is 0 Å². The van der Waals surface area contributed by atoms with Gasteiger partial charge >= 0.3 is 0 Å². The Hall–Kier alpha value is -5.35. The quantitative estimate of drug-likeness (QED) is 0.201. The number of hydrogen-bond donors (Lipinski definition) is 0. The minimum absolute atomic E-state index is 0.306. The fourth-order valence-electron chi connectivity index (χ4n) is 5.96. The molecule has 1 atom stereocenters. The van der Waals surface area contributed by atoms with E-state index in [1.165, 1.54) is 6.07 Å². The first-order valence-corrected chi connectivity index (χ1v) is 14.4. The van der Waals surface area contributed by atoms with Crippen molar-refractivity contribution in [2.45, 2.75) is 5.60 Å². The van der Waals surface area contributed by atoms with Crippen LogP contribution in [0, 0.1) is 5.82 Å². The molecule has 43 heavy (non-hydrogen) atoms. The summed E-state index contributed by atoms with van der Waals surface area (Å²) in [7, 11) is 4.01. The number of para-hydroxylation sites is 2. The summed E-state index contributed by atoms with van der Waals surface area (Å²) >= 11 is 0. The van der Waals surface area contributed by atoms with Crippen molar-refractivity contribution in [3.8, 4) is 5.75 Å². The largest absolute Gasteiger partial charge is 0.473 e. The number of ether oxygens (including phenoxy) is 1. The molecule has 0 aromatic heterocycles. The summed E-state index contributed by atoms with van der Waals surface area (Å²) in [5.74, 6) is 0.408. The van der Waals surface area contributed by atoms with Gasteiger partial charge in [0, 0.05) is 53.5 Å². The van der Waals surface area contributed by atoms with E-state index >= 15 is 4.39 Å². The van der Waals surface area contributed by atoms with Crippen LogP contribution in [0.5, 0.6) is 5.75 Å². The van der Waals surface area contributed by atoms with Gasteiger partial charge in [-0.3, -0.25) is 0 Å². The smallest absolute Gasteiger partial charge is 0.180 e. The molecule has 1 aliphatic heterocycles. The maximum atomic E-state index is 15.4. The lowest BCUT2D eigenvalue weighted by atomic mass is 9.82. The maximum absolute atomic E-state index is 15.4. The summed E-state index contributed by atoms with van der Waals surface area (Å²) in [6.45, 7) is 0. The molecule has 0 N–H and O–H groups in total. The van der Waals surface area contributed by atoms with Crippen molar-refractivity contribution in [3.05, 3.63) is 168 Å². The monoisotopic (exact) mass is 562 g/mol. The second-order valence-electron chi connectivity index (χ2n) is 11.0. The van der Waals surface area contributed by atoms with Gasteiger partial charge in [0.15, 0.2) is 5.60 Å². The second kappa shape index (κ2) is 10.8. The van der Waals surface area contributed by atoms with Crippen LogP contribution < -0.4 is 14.5 Å². The zero-order valence-electron chi connectivity index (χ0n) is 24.1. The Labute approximate surface area is 251 Å². The number of fused-ring (bicyclic) bond motifs is 3. The van der Waals surface area contributed by atoms with E-state index in [9.17, 15) is 0 Å². The predicted molar refractivity (Wildman–Crippen MR) is 176 cm³/mol. The molecule has 0 bridgehead atoms. The minimum Gasteiger partial charge on any atom is -0.473 e. The van der Waals surface area contributed by atoms with Crippen LogP contribution in [0.4, 0.5) is 27.1 Å². The molecule has 1 aliphatic rings. The van der Waals surface area contributed by atoms with E-state index in [0.29, 0.717) is 11.3 Å². The van der Waals surface area contributed by atoms with Crippen molar-refractivity contribution in [1.29, 1.82) is 0 Å². The Morgan fingerprint density at radius 1 is 0.605 bits per heavy atom. The van der Waals surface area contributed by atoms with E-state index < -0.39 is 5.60 Å². The van der Waals surface area contributed by atoms with Gasteiger partial charge in [-0.15, -0.1) is 0 Å². The summed E-state index contributed by atoms with van der Waals surface area (Å²) in [6, 6.07) is 46.3. The number of halogens is 1. The number of nitrogens with zero attached hydrogens (tertiary/aromatic N) is 2. The third-order valence-corrected chi connectivity index (χ3v) is 8.13. The van der Waals surface area contributed by atoms with Crippen LogP contribution in [0.25, 0.3) is 16.8 Å². The van der Waals surface area contributed by atoms with Gasteiger partial charge in [0.05, 0.1) is 0 Å². The Kier molecular flexibility index (Phi) is 6.67. The lowest BCUT2D eigenvalue weighted by molar-refractivity contribution is 0.156. The van der Waals surface area contributed by atoms with E-state index in [1.807, 2.05) is 73.6 Å².